The molecule has 2 rings (SSSR count). The Kier molecular flexibility index (Phi) is 4.17. The number of benzene rings is 1. The van der Waals surface area contributed by atoms with Gasteiger partial charge in [-0.15, -0.1) is 0 Å². The van der Waals surface area contributed by atoms with Crippen LogP contribution in [0.25, 0.3) is 0 Å². The monoisotopic (exact) mass is 300 g/mol. The number of nitrogens with two attached hydrogens (primary N) is 1. The molecule has 1 fully saturated rings. The van der Waals surface area contributed by atoms with E-state index in [0.717, 1.165) is 29.4 Å². The summed E-state index contributed by atoms with van der Waals surface area (Å²) in [5.74, 6) is 0.551. The number of hydrogen-bond donors (Lipinski definition) is 1. The first-order chi connectivity index (χ1) is 8.04. The fraction of sp³-hybridized carbons (Fsp3) is 0.538. The Labute approximate surface area is 110 Å². The number of nitrogens with zero attached hydrogens (tertiary/aromatic N) is 1. The predicted octanol–water partition coefficient (Wildman–Crippen LogP) is 2.76. The summed E-state index contributed by atoms with van der Waals surface area (Å²) in [4.78, 5) is 2.17. The third-order valence-electron chi connectivity index (χ3n) is 3.29. The highest BCUT2D eigenvalue weighted by atomic mass is 79.9. The normalized spacial score (nSPS) is 23.8. The van der Waals surface area contributed by atoms with Crippen molar-refractivity contribution in [3.05, 3.63) is 34.1 Å². The largest absolute Gasteiger partial charge is 0.328 e. The van der Waals surface area contributed by atoms with E-state index in [4.69, 9.17) is 5.73 Å². The van der Waals surface area contributed by atoms with E-state index >= 15 is 0 Å². The van der Waals surface area contributed by atoms with Crippen molar-refractivity contribution < 1.29 is 4.39 Å². The molecule has 1 aliphatic carbocycles. The molecule has 0 spiro atoms. The standard InChI is InChI=1S/C13H18BrFN2/c1-17(7-9-4-12(16)5-9)8-10-6-11(14)2-3-13(10)15/h2-3,6,9,12H,4-5,7-8,16H2,1H3. The highest BCUT2D eigenvalue weighted by Crippen LogP contribution is 2.26. The van der Waals surface area contributed by atoms with E-state index in [1.807, 2.05) is 13.1 Å². The highest BCUT2D eigenvalue weighted by Gasteiger charge is 2.26. The van der Waals surface area contributed by atoms with Crippen molar-refractivity contribution in [3.8, 4) is 0 Å². The van der Waals surface area contributed by atoms with Crippen molar-refractivity contribution in [2.45, 2.75) is 25.4 Å². The van der Waals surface area contributed by atoms with Gasteiger partial charge in [-0.05, 0) is 44.0 Å². The maximum Gasteiger partial charge on any atom is 0.127 e. The van der Waals surface area contributed by atoms with Crippen LogP contribution in [0.15, 0.2) is 22.7 Å². The average molecular weight is 301 g/mol. The maximum absolute atomic E-state index is 13.6. The van der Waals surface area contributed by atoms with E-state index in [-0.39, 0.29) is 5.82 Å². The molecular formula is C13H18BrFN2. The summed E-state index contributed by atoms with van der Waals surface area (Å²) in [6.07, 6.45) is 2.20. The Morgan fingerprint density at radius 1 is 1.47 bits per heavy atom. The van der Waals surface area contributed by atoms with Gasteiger partial charge < -0.3 is 10.6 Å². The fourth-order valence-electron chi connectivity index (χ4n) is 2.40. The molecule has 0 atom stereocenters. The van der Waals surface area contributed by atoms with Gasteiger partial charge in [-0.1, -0.05) is 15.9 Å². The molecule has 2 nitrogen and oxygen atoms in total. The lowest BCUT2D eigenvalue weighted by Gasteiger charge is -2.35. The van der Waals surface area contributed by atoms with E-state index in [0.29, 0.717) is 18.5 Å². The molecule has 0 bridgehead atoms. The van der Waals surface area contributed by atoms with Crippen LogP contribution in [0.4, 0.5) is 4.39 Å². The number of hydrogen-bond acceptors (Lipinski definition) is 2. The van der Waals surface area contributed by atoms with E-state index in [1.165, 1.54) is 6.07 Å². The van der Waals surface area contributed by atoms with Gasteiger partial charge in [-0.3, -0.25) is 0 Å². The van der Waals surface area contributed by atoms with Gasteiger partial charge in [-0.25, -0.2) is 4.39 Å². The van der Waals surface area contributed by atoms with Crippen LogP contribution in [-0.2, 0) is 6.54 Å². The summed E-state index contributed by atoms with van der Waals surface area (Å²) < 4.78 is 14.5. The molecule has 0 aromatic heterocycles. The topological polar surface area (TPSA) is 29.3 Å². The third-order valence-corrected chi connectivity index (χ3v) is 3.78. The molecule has 4 heteroatoms. The highest BCUT2D eigenvalue weighted by molar-refractivity contribution is 9.10. The molecule has 17 heavy (non-hydrogen) atoms. The Morgan fingerprint density at radius 3 is 2.82 bits per heavy atom. The van der Waals surface area contributed by atoms with Crippen LogP contribution in [0.2, 0.25) is 0 Å². The fourth-order valence-corrected chi connectivity index (χ4v) is 2.81. The van der Waals surface area contributed by atoms with Crippen LogP contribution < -0.4 is 5.73 Å². The second-order valence-electron chi connectivity index (χ2n) is 5.03. The van der Waals surface area contributed by atoms with Crippen molar-refractivity contribution in [3.63, 3.8) is 0 Å². The molecule has 0 unspecified atom stereocenters. The molecule has 94 valence electrons. The van der Waals surface area contributed by atoms with Gasteiger partial charge in [0.25, 0.3) is 0 Å². The van der Waals surface area contributed by atoms with Crippen molar-refractivity contribution in [2.75, 3.05) is 13.6 Å². The summed E-state index contributed by atoms with van der Waals surface area (Å²) >= 11 is 3.37. The molecule has 1 aromatic rings. The van der Waals surface area contributed by atoms with Gasteiger partial charge in [0.15, 0.2) is 0 Å². The SMILES string of the molecule is CN(Cc1cc(Br)ccc1F)CC1CC(N)C1. The zero-order chi connectivity index (χ0) is 12.4. The Bertz CT molecular complexity index is 391. The van der Waals surface area contributed by atoms with E-state index in [9.17, 15) is 4.39 Å². The Balaban J connectivity index is 1.89. The Morgan fingerprint density at radius 2 is 2.18 bits per heavy atom. The molecule has 0 aliphatic heterocycles. The van der Waals surface area contributed by atoms with Crippen LogP contribution in [-0.4, -0.2) is 24.5 Å². The third kappa shape index (κ3) is 3.50. The summed E-state index contributed by atoms with van der Waals surface area (Å²) in [6.45, 7) is 1.65. The summed E-state index contributed by atoms with van der Waals surface area (Å²) in [5.41, 5.74) is 6.50. The van der Waals surface area contributed by atoms with Gasteiger partial charge in [0, 0.05) is 29.2 Å². The van der Waals surface area contributed by atoms with Crippen molar-refractivity contribution in [1.29, 1.82) is 0 Å². The molecule has 1 saturated carbocycles. The average Bonchev–Trinajstić information content (AvgIpc) is 2.21. The lowest BCUT2D eigenvalue weighted by atomic mass is 9.80. The minimum atomic E-state index is -0.134. The van der Waals surface area contributed by atoms with E-state index < -0.39 is 0 Å². The van der Waals surface area contributed by atoms with Gasteiger partial charge in [0.1, 0.15) is 5.82 Å². The van der Waals surface area contributed by atoms with Gasteiger partial charge >= 0.3 is 0 Å². The quantitative estimate of drug-likeness (QED) is 0.926. The summed E-state index contributed by atoms with van der Waals surface area (Å²) in [6, 6.07) is 5.46. The van der Waals surface area contributed by atoms with Gasteiger partial charge in [0.2, 0.25) is 0 Å². The molecule has 1 aromatic carbocycles. The lowest BCUT2D eigenvalue weighted by Crippen LogP contribution is -2.41. The predicted molar refractivity (Wildman–Crippen MR) is 71.1 cm³/mol. The second-order valence-corrected chi connectivity index (χ2v) is 5.95. The van der Waals surface area contributed by atoms with Crippen LogP contribution in [0.1, 0.15) is 18.4 Å². The zero-order valence-electron chi connectivity index (χ0n) is 10.00. The first kappa shape index (κ1) is 13.0. The number of halogens is 2. The van der Waals surface area contributed by atoms with Crippen LogP contribution in [0.5, 0.6) is 0 Å². The molecular weight excluding hydrogens is 283 g/mol. The smallest absolute Gasteiger partial charge is 0.127 e. The van der Waals surface area contributed by atoms with Crippen molar-refractivity contribution >= 4 is 15.9 Å². The Hall–Kier alpha value is -0.450. The van der Waals surface area contributed by atoms with E-state index in [1.54, 1.807) is 6.07 Å². The molecule has 0 amide bonds. The van der Waals surface area contributed by atoms with Crippen LogP contribution in [0.3, 0.4) is 0 Å². The first-order valence-corrected chi connectivity index (χ1v) is 6.72. The maximum atomic E-state index is 13.6. The van der Waals surface area contributed by atoms with Crippen molar-refractivity contribution in [1.82, 2.24) is 4.90 Å². The first-order valence-electron chi connectivity index (χ1n) is 5.92. The summed E-state index contributed by atoms with van der Waals surface area (Å²) in [7, 11) is 2.03. The lowest BCUT2D eigenvalue weighted by molar-refractivity contribution is 0.177. The molecule has 1 aliphatic rings. The molecule has 0 heterocycles. The van der Waals surface area contributed by atoms with E-state index in [2.05, 4.69) is 20.8 Å². The van der Waals surface area contributed by atoms with Crippen LogP contribution >= 0.6 is 15.9 Å². The molecule has 0 saturated heterocycles. The van der Waals surface area contributed by atoms with Gasteiger partial charge in [-0.2, -0.15) is 0 Å². The molecule has 0 radical (unpaired) electrons. The minimum absolute atomic E-state index is 0.134. The molecule has 2 N–H and O–H groups in total. The summed E-state index contributed by atoms with van der Waals surface area (Å²) in [5, 5.41) is 0. The van der Waals surface area contributed by atoms with Crippen molar-refractivity contribution in [2.24, 2.45) is 11.7 Å². The van der Waals surface area contributed by atoms with Crippen LogP contribution in [0, 0.1) is 11.7 Å². The second kappa shape index (κ2) is 5.46. The zero-order valence-corrected chi connectivity index (χ0v) is 11.6. The minimum Gasteiger partial charge on any atom is -0.328 e. The van der Waals surface area contributed by atoms with Gasteiger partial charge in [0.05, 0.1) is 0 Å². The number of rotatable bonds is 4.